The molecule has 2 rings (SSSR count). The van der Waals surface area contributed by atoms with E-state index in [1.807, 2.05) is 0 Å². The van der Waals surface area contributed by atoms with Gasteiger partial charge in [-0.1, -0.05) is 25.0 Å². The lowest BCUT2D eigenvalue weighted by Crippen LogP contribution is -2.43. The van der Waals surface area contributed by atoms with Crippen molar-refractivity contribution in [1.82, 2.24) is 4.72 Å². The maximum absolute atomic E-state index is 12.4. The van der Waals surface area contributed by atoms with E-state index >= 15 is 0 Å². The number of nitrogens with one attached hydrogen (secondary N) is 1. The molecule has 1 aromatic carbocycles. The Morgan fingerprint density at radius 2 is 1.95 bits per heavy atom. The summed E-state index contributed by atoms with van der Waals surface area (Å²) in [7, 11) is -3.54. The molecule has 2 atom stereocenters. The number of benzene rings is 1. The van der Waals surface area contributed by atoms with Crippen molar-refractivity contribution in [2.45, 2.75) is 36.6 Å². The van der Waals surface area contributed by atoms with E-state index in [1.165, 1.54) is 0 Å². The third-order valence-corrected chi connectivity index (χ3v) is 6.08. The van der Waals surface area contributed by atoms with Crippen LogP contribution in [0.3, 0.4) is 0 Å². The highest BCUT2D eigenvalue weighted by molar-refractivity contribution is 9.10. The topological polar surface area (TPSA) is 66.4 Å². The minimum Gasteiger partial charge on any atom is -0.396 e. The number of hydrogen-bond acceptors (Lipinski definition) is 3. The van der Waals surface area contributed by atoms with Crippen LogP contribution >= 0.6 is 15.9 Å². The Morgan fingerprint density at radius 1 is 1.26 bits per heavy atom. The average Bonchev–Trinajstić information content (AvgIpc) is 2.39. The average molecular weight is 348 g/mol. The molecule has 0 radical (unpaired) electrons. The van der Waals surface area contributed by atoms with Crippen molar-refractivity contribution in [3.63, 3.8) is 0 Å². The van der Waals surface area contributed by atoms with Crippen LogP contribution in [0.15, 0.2) is 33.6 Å². The van der Waals surface area contributed by atoms with Gasteiger partial charge in [-0.25, -0.2) is 13.1 Å². The Morgan fingerprint density at radius 3 is 2.63 bits per heavy atom. The number of aliphatic hydroxyl groups excluding tert-OH is 1. The molecule has 0 heterocycles. The van der Waals surface area contributed by atoms with Crippen LogP contribution in [-0.2, 0) is 10.0 Å². The second-order valence-electron chi connectivity index (χ2n) is 4.89. The van der Waals surface area contributed by atoms with Crippen LogP contribution < -0.4 is 4.72 Å². The second-order valence-corrected chi connectivity index (χ2v) is 7.42. The van der Waals surface area contributed by atoms with E-state index in [2.05, 4.69) is 20.7 Å². The molecule has 0 aliphatic heterocycles. The molecule has 1 aliphatic carbocycles. The van der Waals surface area contributed by atoms with E-state index < -0.39 is 10.0 Å². The van der Waals surface area contributed by atoms with Gasteiger partial charge in [0, 0.05) is 17.1 Å². The molecule has 1 saturated carbocycles. The number of halogens is 1. The summed E-state index contributed by atoms with van der Waals surface area (Å²) in [6, 6.07) is 6.59. The Hall–Kier alpha value is -0.430. The van der Waals surface area contributed by atoms with Crippen LogP contribution in [0.4, 0.5) is 0 Å². The summed E-state index contributed by atoms with van der Waals surface area (Å²) in [4.78, 5) is 0.247. The lowest BCUT2D eigenvalue weighted by Gasteiger charge is -2.30. The summed E-state index contributed by atoms with van der Waals surface area (Å²) in [5, 5.41) is 9.34. The third kappa shape index (κ3) is 3.56. The van der Waals surface area contributed by atoms with Crippen LogP contribution in [-0.4, -0.2) is 26.2 Å². The molecule has 0 amide bonds. The molecule has 0 unspecified atom stereocenters. The van der Waals surface area contributed by atoms with Crippen LogP contribution in [0.2, 0.25) is 0 Å². The molecule has 1 aromatic rings. The van der Waals surface area contributed by atoms with E-state index in [4.69, 9.17) is 0 Å². The first-order valence-electron chi connectivity index (χ1n) is 6.42. The van der Waals surface area contributed by atoms with Gasteiger partial charge in [-0.05, 0) is 46.8 Å². The van der Waals surface area contributed by atoms with Gasteiger partial charge in [0.1, 0.15) is 0 Å². The fraction of sp³-hybridized carbons (Fsp3) is 0.538. The van der Waals surface area contributed by atoms with Gasteiger partial charge in [0.15, 0.2) is 0 Å². The van der Waals surface area contributed by atoms with Crippen LogP contribution in [0, 0.1) is 5.92 Å². The fourth-order valence-electron chi connectivity index (χ4n) is 2.51. The minimum absolute atomic E-state index is 0.0195. The van der Waals surface area contributed by atoms with Gasteiger partial charge in [0.05, 0.1) is 4.90 Å². The molecule has 6 heteroatoms. The highest BCUT2D eigenvalue weighted by Gasteiger charge is 2.29. The zero-order valence-corrected chi connectivity index (χ0v) is 13.0. The van der Waals surface area contributed by atoms with Crippen molar-refractivity contribution in [2.75, 3.05) is 6.61 Å². The number of aliphatic hydroxyl groups is 1. The SMILES string of the molecule is O=S(=O)(N[C@@H]1CCCC[C@H]1CO)c1ccccc1Br. The quantitative estimate of drug-likeness (QED) is 0.877. The van der Waals surface area contributed by atoms with Crippen molar-refractivity contribution >= 4 is 26.0 Å². The van der Waals surface area contributed by atoms with Gasteiger partial charge in [-0.15, -0.1) is 0 Å². The smallest absolute Gasteiger partial charge is 0.241 e. The van der Waals surface area contributed by atoms with E-state index in [9.17, 15) is 13.5 Å². The molecular weight excluding hydrogens is 330 g/mol. The summed E-state index contributed by atoms with van der Waals surface area (Å²) in [6.07, 6.45) is 3.71. The molecule has 0 spiro atoms. The van der Waals surface area contributed by atoms with Gasteiger partial charge in [0.2, 0.25) is 10.0 Å². The van der Waals surface area contributed by atoms with E-state index in [0.29, 0.717) is 4.47 Å². The second kappa shape index (κ2) is 6.35. The van der Waals surface area contributed by atoms with Gasteiger partial charge >= 0.3 is 0 Å². The lowest BCUT2D eigenvalue weighted by molar-refractivity contribution is 0.164. The molecule has 1 aliphatic rings. The minimum atomic E-state index is -3.54. The first kappa shape index (κ1) is 15.0. The summed E-state index contributed by atoms with van der Waals surface area (Å²) >= 11 is 3.26. The standard InChI is InChI=1S/C13H18BrNO3S/c14-11-6-2-4-8-13(11)19(17,18)15-12-7-3-1-5-10(12)9-16/h2,4,6,8,10,12,15-16H,1,3,5,7,9H2/t10-,12+/m0/s1. The van der Waals surface area contributed by atoms with Gasteiger partial charge in [-0.2, -0.15) is 0 Å². The summed E-state index contributed by atoms with van der Waals surface area (Å²) in [5.74, 6) is 0.0195. The van der Waals surface area contributed by atoms with Crippen LogP contribution in [0.1, 0.15) is 25.7 Å². The normalized spacial score (nSPS) is 24.3. The Kier molecular flexibility index (Phi) is 5.00. The molecule has 0 bridgehead atoms. The van der Waals surface area contributed by atoms with Gasteiger partial charge in [-0.3, -0.25) is 0 Å². The van der Waals surface area contributed by atoms with Crippen LogP contribution in [0.25, 0.3) is 0 Å². The largest absolute Gasteiger partial charge is 0.396 e. The summed E-state index contributed by atoms with van der Waals surface area (Å²) in [5.41, 5.74) is 0. The van der Waals surface area contributed by atoms with E-state index in [-0.39, 0.29) is 23.5 Å². The zero-order valence-electron chi connectivity index (χ0n) is 10.5. The maximum atomic E-state index is 12.4. The predicted molar refractivity (Wildman–Crippen MR) is 77.3 cm³/mol. The van der Waals surface area contributed by atoms with E-state index in [0.717, 1.165) is 25.7 Å². The predicted octanol–water partition coefficient (Wildman–Crippen LogP) is 2.28. The van der Waals surface area contributed by atoms with E-state index in [1.54, 1.807) is 24.3 Å². The van der Waals surface area contributed by atoms with Crippen LogP contribution in [0.5, 0.6) is 0 Å². The molecule has 1 fully saturated rings. The third-order valence-electron chi connectivity index (χ3n) is 3.58. The first-order valence-corrected chi connectivity index (χ1v) is 8.70. The number of hydrogen-bond donors (Lipinski definition) is 2. The molecule has 106 valence electrons. The molecule has 0 aromatic heterocycles. The number of rotatable bonds is 4. The highest BCUT2D eigenvalue weighted by atomic mass is 79.9. The van der Waals surface area contributed by atoms with Crippen molar-refractivity contribution in [2.24, 2.45) is 5.92 Å². The first-order chi connectivity index (χ1) is 9.04. The van der Waals surface area contributed by atoms with Gasteiger partial charge < -0.3 is 5.11 Å². The molecule has 4 nitrogen and oxygen atoms in total. The number of sulfonamides is 1. The fourth-order valence-corrected chi connectivity index (χ4v) is 4.85. The lowest BCUT2D eigenvalue weighted by atomic mass is 9.86. The zero-order chi connectivity index (χ0) is 13.9. The van der Waals surface area contributed by atoms with Crippen molar-refractivity contribution in [1.29, 1.82) is 0 Å². The Balaban J connectivity index is 2.19. The molecule has 0 saturated heterocycles. The van der Waals surface area contributed by atoms with Crippen molar-refractivity contribution < 1.29 is 13.5 Å². The monoisotopic (exact) mass is 347 g/mol. The molecule has 2 N–H and O–H groups in total. The maximum Gasteiger partial charge on any atom is 0.241 e. The molecular formula is C13H18BrNO3S. The molecule has 19 heavy (non-hydrogen) atoms. The van der Waals surface area contributed by atoms with Crippen molar-refractivity contribution in [3.05, 3.63) is 28.7 Å². The summed E-state index contributed by atoms with van der Waals surface area (Å²) in [6.45, 7) is 0.0309. The van der Waals surface area contributed by atoms with Gasteiger partial charge in [0.25, 0.3) is 0 Å². The Bertz CT molecular complexity index is 532. The summed E-state index contributed by atoms with van der Waals surface area (Å²) < 4.78 is 28.0. The van der Waals surface area contributed by atoms with Crippen molar-refractivity contribution in [3.8, 4) is 0 Å². The highest BCUT2D eigenvalue weighted by Crippen LogP contribution is 2.27. The Labute approximate surface area is 122 Å².